The van der Waals surface area contributed by atoms with Gasteiger partial charge in [-0.1, -0.05) is 13.8 Å². The molecular weight excluding hydrogens is 212 g/mol. The van der Waals surface area contributed by atoms with E-state index >= 15 is 0 Å². The first-order valence-corrected chi connectivity index (χ1v) is 6.32. The summed E-state index contributed by atoms with van der Waals surface area (Å²) in [6.07, 6.45) is 2.84. The Hall–Kier alpha value is -1.51. The lowest BCUT2D eigenvalue weighted by atomic mass is 10.0. The van der Waals surface area contributed by atoms with Crippen molar-refractivity contribution in [1.82, 2.24) is 0 Å². The maximum Gasteiger partial charge on any atom is 0.224 e. The molecule has 2 rings (SSSR count). The minimum Gasteiger partial charge on any atom is -0.385 e. The highest BCUT2D eigenvalue weighted by atomic mass is 16.1. The number of hydrogen-bond acceptors (Lipinski definition) is 2. The van der Waals surface area contributed by atoms with Crippen molar-refractivity contribution in [2.45, 2.75) is 33.1 Å². The third kappa shape index (κ3) is 3.22. The lowest BCUT2D eigenvalue weighted by Crippen LogP contribution is -2.15. The highest BCUT2D eigenvalue weighted by Gasteiger charge is 2.10. The molecule has 1 aliphatic rings. The molecule has 1 aliphatic heterocycles. The van der Waals surface area contributed by atoms with Crippen LogP contribution in [0.4, 0.5) is 11.4 Å². The summed E-state index contributed by atoms with van der Waals surface area (Å²) in [5.74, 6) is 0.498. The monoisotopic (exact) mass is 232 g/mol. The quantitative estimate of drug-likeness (QED) is 0.841. The second-order valence-corrected chi connectivity index (χ2v) is 5.05. The zero-order valence-corrected chi connectivity index (χ0v) is 10.5. The number of amides is 1. The van der Waals surface area contributed by atoms with E-state index in [-0.39, 0.29) is 5.91 Å². The summed E-state index contributed by atoms with van der Waals surface area (Å²) in [7, 11) is 0. The minimum absolute atomic E-state index is 0.101. The fraction of sp³-hybridized carbons (Fsp3) is 0.500. The first-order valence-electron chi connectivity index (χ1n) is 6.32. The number of fused-ring (bicyclic) bond motifs is 1. The number of carbonyl (C=O) groups is 1. The van der Waals surface area contributed by atoms with Crippen LogP contribution in [-0.2, 0) is 11.2 Å². The molecule has 0 fully saturated rings. The molecule has 0 aliphatic carbocycles. The molecule has 1 amide bonds. The third-order valence-electron chi connectivity index (χ3n) is 2.92. The maximum atomic E-state index is 11.7. The van der Waals surface area contributed by atoms with E-state index in [4.69, 9.17) is 0 Å². The molecule has 0 atom stereocenters. The summed E-state index contributed by atoms with van der Waals surface area (Å²) < 4.78 is 0. The minimum atomic E-state index is 0.101. The molecule has 92 valence electrons. The largest absolute Gasteiger partial charge is 0.385 e. The van der Waals surface area contributed by atoms with Crippen LogP contribution in [0.15, 0.2) is 18.2 Å². The zero-order valence-electron chi connectivity index (χ0n) is 10.5. The molecule has 3 heteroatoms. The zero-order chi connectivity index (χ0) is 12.3. The SMILES string of the molecule is CC(C)CC(=O)Nc1ccc2c(c1)CCCN2. The van der Waals surface area contributed by atoms with Crippen LogP contribution < -0.4 is 10.6 Å². The first kappa shape index (κ1) is 12.0. The third-order valence-corrected chi connectivity index (χ3v) is 2.92. The van der Waals surface area contributed by atoms with Crippen molar-refractivity contribution in [3.8, 4) is 0 Å². The van der Waals surface area contributed by atoms with Crippen LogP contribution in [0.1, 0.15) is 32.3 Å². The van der Waals surface area contributed by atoms with Gasteiger partial charge in [0.05, 0.1) is 0 Å². The molecule has 1 aromatic rings. The van der Waals surface area contributed by atoms with Gasteiger partial charge < -0.3 is 10.6 Å². The molecule has 0 radical (unpaired) electrons. The average Bonchev–Trinajstić information content (AvgIpc) is 2.27. The molecule has 3 nitrogen and oxygen atoms in total. The molecule has 0 bridgehead atoms. The second kappa shape index (κ2) is 5.21. The Morgan fingerprint density at radius 1 is 1.47 bits per heavy atom. The Balaban J connectivity index is 2.04. The van der Waals surface area contributed by atoms with Crippen LogP contribution in [0.3, 0.4) is 0 Å². The summed E-state index contributed by atoms with van der Waals surface area (Å²) in [6, 6.07) is 6.11. The number of benzene rings is 1. The van der Waals surface area contributed by atoms with E-state index in [0.717, 1.165) is 25.1 Å². The van der Waals surface area contributed by atoms with Crippen molar-refractivity contribution in [2.75, 3.05) is 17.2 Å². The van der Waals surface area contributed by atoms with E-state index in [9.17, 15) is 4.79 Å². The number of aryl methyl sites for hydroxylation is 1. The van der Waals surface area contributed by atoms with E-state index in [1.54, 1.807) is 0 Å². The van der Waals surface area contributed by atoms with Gasteiger partial charge in [-0.15, -0.1) is 0 Å². The molecule has 17 heavy (non-hydrogen) atoms. The van der Waals surface area contributed by atoms with Gasteiger partial charge in [-0.3, -0.25) is 4.79 Å². The fourth-order valence-corrected chi connectivity index (χ4v) is 2.14. The number of hydrogen-bond donors (Lipinski definition) is 2. The molecule has 0 unspecified atom stereocenters. The Morgan fingerprint density at radius 3 is 3.06 bits per heavy atom. The number of carbonyl (C=O) groups excluding carboxylic acids is 1. The van der Waals surface area contributed by atoms with Gasteiger partial charge in [0.1, 0.15) is 0 Å². The molecule has 0 aromatic heterocycles. The number of anilines is 2. The number of nitrogens with one attached hydrogen (secondary N) is 2. The first-order chi connectivity index (χ1) is 8.15. The van der Waals surface area contributed by atoms with Crippen LogP contribution in [0.25, 0.3) is 0 Å². The van der Waals surface area contributed by atoms with Crippen molar-refractivity contribution >= 4 is 17.3 Å². The molecular formula is C14H20N2O. The van der Waals surface area contributed by atoms with Gasteiger partial charge in [-0.25, -0.2) is 0 Å². The highest BCUT2D eigenvalue weighted by molar-refractivity contribution is 5.91. The second-order valence-electron chi connectivity index (χ2n) is 5.05. The van der Waals surface area contributed by atoms with Gasteiger partial charge in [-0.2, -0.15) is 0 Å². The molecule has 0 spiro atoms. The van der Waals surface area contributed by atoms with Crippen LogP contribution in [-0.4, -0.2) is 12.5 Å². The highest BCUT2D eigenvalue weighted by Crippen LogP contribution is 2.25. The van der Waals surface area contributed by atoms with Gasteiger partial charge in [0.2, 0.25) is 5.91 Å². The molecule has 1 heterocycles. The van der Waals surface area contributed by atoms with Crippen LogP contribution >= 0.6 is 0 Å². The maximum absolute atomic E-state index is 11.7. The van der Waals surface area contributed by atoms with Crippen LogP contribution in [0.5, 0.6) is 0 Å². The van der Waals surface area contributed by atoms with Crippen molar-refractivity contribution in [3.63, 3.8) is 0 Å². The Kier molecular flexibility index (Phi) is 3.67. The Morgan fingerprint density at radius 2 is 2.29 bits per heavy atom. The molecule has 2 N–H and O–H groups in total. The Bertz CT molecular complexity index is 413. The lowest BCUT2D eigenvalue weighted by Gasteiger charge is -2.19. The predicted molar refractivity (Wildman–Crippen MR) is 71.3 cm³/mol. The van der Waals surface area contributed by atoms with Crippen molar-refractivity contribution in [2.24, 2.45) is 5.92 Å². The van der Waals surface area contributed by atoms with Crippen LogP contribution in [0, 0.1) is 5.92 Å². The van der Waals surface area contributed by atoms with Crippen molar-refractivity contribution in [1.29, 1.82) is 0 Å². The van der Waals surface area contributed by atoms with Gasteiger partial charge in [0, 0.05) is 24.3 Å². The fourth-order valence-electron chi connectivity index (χ4n) is 2.14. The number of rotatable bonds is 3. The topological polar surface area (TPSA) is 41.1 Å². The summed E-state index contributed by atoms with van der Waals surface area (Å²) in [5, 5.41) is 6.32. The Labute approximate surface area is 103 Å². The van der Waals surface area contributed by atoms with Gasteiger partial charge >= 0.3 is 0 Å². The predicted octanol–water partition coefficient (Wildman–Crippen LogP) is 3.03. The van der Waals surface area contributed by atoms with E-state index in [0.29, 0.717) is 12.3 Å². The molecule has 0 saturated heterocycles. The summed E-state index contributed by atoms with van der Waals surface area (Å²) >= 11 is 0. The summed E-state index contributed by atoms with van der Waals surface area (Å²) in [4.78, 5) is 11.7. The summed E-state index contributed by atoms with van der Waals surface area (Å²) in [5.41, 5.74) is 3.43. The van der Waals surface area contributed by atoms with Gasteiger partial charge in [0.15, 0.2) is 0 Å². The van der Waals surface area contributed by atoms with Gasteiger partial charge in [-0.05, 0) is 42.5 Å². The lowest BCUT2D eigenvalue weighted by molar-refractivity contribution is -0.116. The standard InChI is InChI=1S/C14H20N2O/c1-10(2)8-14(17)16-12-5-6-13-11(9-12)4-3-7-15-13/h5-6,9-10,15H,3-4,7-8H2,1-2H3,(H,16,17). The van der Waals surface area contributed by atoms with Crippen molar-refractivity contribution in [3.05, 3.63) is 23.8 Å². The van der Waals surface area contributed by atoms with Gasteiger partial charge in [0.25, 0.3) is 0 Å². The van der Waals surface area contributed by atoms with E-state index in [1.807, 2.05) is 6.07 Å². The normalized spacial score (nSPS) is 14.1. The van der Waals surface area contributed by atoms with Crippen LogP contribution in [0.2, 0.25) is 0 Å². The van der Waals surface area contributed by atoms with E-state index in [2.05, 4.69) is 36.6 Å². The smallest absolute Gasteiger partial charge is 0.224 e. The van der Waals surface area contributed by atoms with Crippen molar-refractivity contribution < 1.29 is 4.79 Å². The molecule has 0 saturated carbocycles. The average molecular weight is 232 g/mol. The van der Waals surface area contributed by atoms with E-state index < -0.39 is 0 Å². The van der Waals surface area contributed by atoms with E-state index in [1.165, 1.54) is 11.3 Å². The molecule has 1 aromatic carbocycles. The summed E-state index contributed by atoms with van der Waals surface area (Å²) in [6.45, 7) is 5.15.